The first-order valence-electron chi connectivity index (χ1n) is 5.22. The summed E-state index contributed by atoms with van der Waals surface area (Å²) in [5, 5.41) is 4.10. The van der Waals surface area contributed by atoms with Gasteiger partial charge in [0.15, 0.2) is 0 Å². The van der Waals surface area contributed by atoms with Crippen LogP contribution in [0.5, 0.6) is 0 Å². The van der Waals surface area contributed by atoms with Gasteiger partial charge in [-0.2, -0.15) is 0 Å². The summed E-state index contributed by atoms with van der Waals surface area (Å²) < 4.78 is 9.42. The Bertz CT molecular complexity index is 361. The average molecular weight is 225 g/mol. The first-order chi connectivity index (χ1) is 7.33. The molecule has 0 bridgehead atoms. The van der Waals surface area contributed by atoms with Crippen molar-refractivity contribution in [1.82, 2.24) is 9.59 Å². The summed E-state index contributed by atoms with van der Waals surface area (Å²) in [7, 11) is 0. The maximum atomic E-state index is 6.11. The number of aryl methyl sites for hydroxylation is 1. The Kier molecular flexibility index (Phi) is 3.33. The number of hydrogen-bond donors (Lipinski definition) is 1. The number of ether oxygens (including phenoxy) is 1. The summed E-state index contributed by atoms with van der Waals surface area (Å²) >= 11 is 1.38. The predicted molar refractivity (Wildman–Crippen MR) is 59.5 cm³/mol. The van der Waals surface area contributed by atoms with E-state index in [9.17, 15) is 0 Å². The summed E-state index contributed by atoms with van der Waals surface area (Å²) in [6.07, 6.45) is 5.01. The first-order valence-corrected chi connectivity index (χ1v) is 5.99. The SMILES string of the molecule is CCCc1nnsc1C(N)C1=CCCO1. The molecule has 1 unspecified atom stereocenters. The van der Waals surface area contributed by atoms with E-state index in [0.29, 0.717) is 0 Å². The Morgan fingerprint density at radius 3 is 3.20 bits per heavy atom. The Morgan fingerprint density at radius 2 is 2.53 bits per heavy atom. The van der Waals surface area contributed by atoms with Gasteiger partial charge in [-0.05, 0) is 24.0 Å². The van der Waals surface area contributed by atoms with E-state index in [1.807, 2.05) is 0 Å². The van der Waals surface area contributed by atoms with Crippen molar-refractivity contribution >= 4 is 11.5 Å². The molecule has 0 saturated heterocycles. The van der Waals surface area contributed by atoms with Crippen molar-refractivity contribution in [3.63, 3.8) is 0 Å². The quantitative estimate of drug-likeness (QED) is 0.848. The van der Waals surface area contributed by atoms with Crippen LogP contribution in [0.25, 0.3) is 0 Å². The maximum absolute atomic E-state index is 6.11. The highest BCUT2D eigenvalue weighted by Gasteiger charge is 2.22. The van der Waals surface area contributed by atoms with E-state index >= 15 is 0 Å². The number of aromatic nitrogens is 2. The average Bonchev–Trinajstić information content (AvgIpc) is 2.87. The molecule has 0 fully saturated rings. The molecule has 1 aliphatic heterocycles. The van der Waals surface area contributed by atoms with Crippen molar-refractivity contribution in [3.8, 4) is 0 Å². The highest BCUT2D eigenvalue weighted by molar-refractivity contribution is 7.05. The molecule has 0 aromatic carbocycles. The third kappa shape index (κ3) is 2.18. The van der Waals surface area contributed by atoms with Gasteiger partial charge in [-0.25, -0.2) is 0 Å². The fourth-order valence-corrected chi connectivity index (χ4v) is 2.35. The van der Waals surface area contributed by atoms with Crippen LogP contribution in [0, 0.1) is 0 Å². The second-order valence-corrected chi connectivity index (χ2v) is 4.34. The zero-order valence-corrected chi connectivity index (χ0v) is 9.59. The summed E-state index contributed by atoms with van der Waals surface area (Å²) in [5.74, 6) is 0.874. The van der Waals surface area contributed by atoms with Gasteiger partial charge in [-0.1, -0.05) is 17.8 Å². The molecule has 0 spiro atoms. The number of rotatable bonds is 4. The summed E-state index contributed by atoms with van der Waals surface area (Å²) in [6.45, 7) is 2.87. The van der Waals surface area contributed by atoms with E-state index in [-0.39, 0.29) is 6.04 Å². The second kappa shape index (κ2) is 4.72. The third-order valence-electron chi connectivity index (χ3n) is 2.39. The summed E-state index contributed by atoms with van der Waals surface area (Å²) in [4.78, 5) is 1.05. The maximum Gasteiger partial charge on any atom is 0.114 e. The Hall–Kier alpha value is -0.940. The molecule has 82 valence electrons. The van der Waals surface area contributed by atoms with Gasteiger partial charge in [-0.15, -0.1) is 5.10 Å². The van der Waals surface area contributed by atoms with Crippen LogP contribution in [0.15, 0.2) is 11.8 Å². The van der Waals surface area contributed by atoms with E-state index in [1.165, 1.54) is 11.5 Å². The van der Waals surface area contributed by atoms with E-state index in [2.05, 4.69) is 22.6 Å². The van der Waals surface area contributed by atoms with Crippen molar-refractivity contribution < 1.29 is 4.74 Å². The topological polar surface area (TPSA) is 61.0 Å². The minimum absolute atomic E-state index is 0.172. The number of nitrogens with two attached hydrogens (primary N) is 1. The van der Waals surface area contributed by atoms with Gasteiger partial charge >= 0.3 is 0 Å². The van der Waals surface area contributed by atoms with E-state index in [0.717, 1.165) is 42.2 Å². The Morgan fingerprint density at radius 1 is 1.67 bits per heavy atom. The molecule has 1 aromatic rings. The zero-order chi connectivity index (χ0) is 10.7. The van der Waals surface area contributed by atoms with Gasteiger partial charge in [-0.3, -0.25) is 0 Å². The van der Waals surface area contributed by atoms with Gasteiger partial charge in [0.2, 0.25) is 0 Å². The van der Waals surface area contributed by atoms with E-state index in [1.54, 1.807) is 0 Å². The van der Waals surface area contributed by atoms with Crippen LogP contribution >= 0.6 is 11.5 Å². The molecule has 2 N–H and O–H groups in total. The lowest BCUT2D eigenvalue weighted by Gasteiger charge is -2.11. The van der Waals surface area contributed by atoms with Gasteiger partial charge in [0.1, 0.15) is 11.8 Å². The van der Waals surface area contributed by atoms with Gasteiger partial charge in [0.05, 0.1) is 17.2 Å². The highest BCUT2D eigenvalue weighted by atomic mass is 32.1. The number of hydrogen-bond acceptors (Lipinski definition) is 5. The predicted octanol–water partition coefficient (Wildman–Crippen LogP) is 1.79. The molecule has 0 radical (unpaired) electrons. The van der Waals surface area contributed by atoms with Gasteiger partial charge < -0.3 is 10.5 Å². The van der Waals surface area contributed by atoms with Crippen molar-refractivity contribution in [2.45, 2.75) is 32.2 Å². The molecule has 0 saturated carbocycles. The molecule has 2 heterocycles. The third-order valence-corrected chi connectivity index (χ3v) is 3.24. The molecule has 1 aromatic heterocycles. The van der Waals surface area contributed by atoms with Crippen LogP contribution in [-0.2, 0) is 11.2 Å². The van der Waals surface area contributed by atoms with Crippen molar-refractivity contribution in [2.24, 2.45) is 5.73 Å². The number of nitrogens with zero attached hydrogens (tertiary/aromatic N) is 2. The lowest BCUT2D eigenvalue weighted by atomic mass is 10.1. The molecule has 1 aliphatic rings. The van der Waals surface area contributed by atoms with Crippen LogP contribution in [0.1, 0.15) is 36.4 Å². The second-order valence-electron chi connectivity index (χ2n) is 3.56. The molecule has 5 heteroatoms. The van der Waals surface area contributed by atoms with Crippen molar-refractivity contribution in [1.29, 1.82) is 0 Å². The van der Waals surface area contributed by atoms with Crippen LogP contribution in [-0.4, -0.2) is 16.2 Å². The molecule has 0 amide bonds. The summed E-state index contributed by atoms with van der Waals surface area (Å²) in [6, 6.07) is -0.172. The smallest absolute Gasteiger partial charge is 0.114 e. The molecular weight excluding hydrogens is 210 g/mol. The van der Waals surface area contributed by atoms with Gasteiger partial charge in [0.25, 0.3) is 0 Å². The van der Waals surface area contributed by atoms with Crippen molar-refractivity contribution in [2.75, 3.05) is 6.61 Å². The largest absolute Gasteiger partial charge is 0.496 e. The fourth-order valence-electron chi connectivity index (χ4n) is 1.64. The minimum Gasteiger partial charge on any atom is -0.496 e. The van der Waals surface area contributed by atoms with Crippen LogP contribution in [0.2, 0.25) is 0 Å². The zero-order valence-electron chi connectivity index (χ0n) is 8.77. The monoisotopic (exact) mass is 225 g/mol. The standard InChI is InChI=1S/C10H15N3OS/c1-2-4-7-10(15-13-12-7)9(11)8-5-3-6-14-8/h5,9H,2-4,6,11H2,1H3. The highest BCUT2D eigenvalue weighted by Crippen LogP contribution is 2.28. The van der Waals surface area contributed by atoms with Gasteiger partial charge in [0, 0.05) is 6.42 Å². The lowest BCUT2D eigenvalue weighted by Crippen LogP contribution is -2.14. The Labute approximate surface area is 93.3 Å². The molecular formula is C10H15N3OS. The summed E-state index contributed by atoms with van der Waals surface area (Å²) in [5.41, 5.74) is 7.13. The fraction of sp³-hybridized carbons (Fsp3) is 0.600. The van der Waals surface area contributed by atoms with Crippen LogP contribution < -0.4 is 5.73 Å². The Balaban J connectivity index is 2.16. The normalized spacial score (nSPS) is 17.3. The molecule has 2 rings (SSSR count). The minimum atomic E-state index is -0.172. The van der Waals surface area contributed by atoms with Crippen molar-refractivity contribution in [3.05, 3.63) is 22.4 Å². The van der Waals surface area contributed by atoms with E-state index in [4.69, 9.17) is 10.5 Å². The molecule has 1 atom stereocenters. The molecule has 0 aliphatic carbocycles. The first kappa shape index (κ1) is 10.6. The van der Waals surface area contributed by atoms with Crippen LogP contribution in [0.4, 0.5) is 0 Å². The lowest BCUT2D eigenvalue weighted by molar-refractivity contribution is 0.225. The molecule has 4 nitrogen and oxygen atoms in total. The van der Waals surface area contributed by atoms with Crippen LogP contribution in [0.3, 0.4) is 0 Å². The molecule has 15 heavy (non-hydrogen) atoms. The van der Waals surface area contributed by atoms with E-state index < -0.39 is 0 Å².